The predicted octanol–water partition coefficient (Wildman–Crippen LogP) is 0.959. The highest BCUT2D eigenvalue weighted by Gasteiger charge is 1.97. The van der Waals surface area contributed by atoms with Crippen LogP contribution < -0.4 is 0 Å². The zero-order valence-electron chi connectivity index (χ0n) is 6.31. The summed E-state index contributed by atoms with van der Waals surface area (Å²) in [6.07, 6.45) is 4.60. The second-order valence-corrected chi connectivity index (χ2v) is 4.74. The molecule has 0 aliphatic carbocycles. The molecule has 66 valence electrons. The summed E-state index contributed by atoms with van der Waals surface area (Å²) in [6, 6.07) is 0. The van der Waals surface area contributed by atoms with Gasteiger partial charge in [0.1, 0.15) is 0 Å². The smallest absolute Gasteiger partial charge is 0.254 e. The van der Waals surface area contributed by atoms with E-state index in [0.29, 0.717) is 5.56 Å². The van der Waals surface area contributed by atoms with Gasteiger partial charge in [-0.3, -0.25) is 4.68 Å². The van der Waals surface area contributed by atoms with Gasteiger partial charge in [0.25, 0.3) is 9.05 Å². The van der Waals surface area contributed by atoms with Crippen molar-refractivity contribution in [1.82, 2.24) is 9.78 Å². The Labute approximate surface area is 74.9 Å². The lowest BCUT2D eigenvalue weighted by atomic mass is 10.4. The maximum Gasteiger partial charge on any atom is 0.254 e. The molecule has 1 rings (SSSR count). The first-order chi connectivity index (χ1) is 5.47. The van der Waals surface area contributed by atoms with Crippen molar-refractivity contribution in [2.24, 2.45) is 7.05 Å². The Hall–Kier alpha value is -0.810. The van der Waals surface area contributed by atoms with E-state index in [9.17, 15) is 8.42 Å². The Morgan fingerprint density at radius 3 is 2.75 bits per heavy atom. The van der Waals surface area contributed by atoms with E-state index in [-0.39, 0.29) is 0 Å². The summed E-state index contributed by atoms with van der Waals surface area (Å²) in [5, 5.41) is 4.77. The lowest BCUT2D eigenvalue weighted by Crippen LogP contribution is -1.84. The van der Waals surface area contributed by atoms with Crippen LogP contribution in [0.5, 0.6) is 0 Å². The fraction of sp³-hybridized carbons (Fsp3) is 0.167. The summed E-state index contributed by atoms with van der Waals surface area (Å²) in [7, 11) is 3.13. The molecule has 0 bridgehead atoms. The molecule has 0 saturated carbocycles. The van der Waals surface area contributed by atoms with Crippen LogP contribution in [-0.4, -0.2) is 18.2 Å². The summed E-state index contributed by atoms with van der Waals surface area (Å²) in [4.78, 5) is 0. The normalized spacial score (nSPS) is 12.5. The van der Waals surface area contributed by atoms with Crippen molar-refractivity contribution >= 4 is 25.8 Å². The Bertz CT molecular complexity index is 393. The van der Waals surface area contributed by atoms with Crippen LogP contribution in [0.4, 0.5) is 0 Å². The van der Waals surface area contributed by atoms with Crippen molar-refractivity contribution in [1.29, 1.82) is 0 Å². The molecule has 0 aliphatic rings. The summed E-state index contributed by atoms with van der Waals surface area (Å²) < 4.78 is 22.5. The van der Waals surface area contributed by atoms with Crippen molar-refractivity contribution < 1.29 is 8.42 Å². The molecule has 0 atom stereocenters. The van der Waals surface area contributed by atoms with E-state index in [4.69, 9.17) is 10.7 Å². The van der Waals surface area contributed by atoms with E-state index in [0.717, 1.165) is 5.41 Å². The lowest BCUT2D eigenvalue weighted by molar-refractivity contribution is 0.617. The number of halogens is 1. The summed E-state index contributed by atoms with van der Waals surface area (Å²) in [5.74, 6) is 0. The van der Waals surface area contributed by atoms with E-state index in [1.165, 1.54) is 6.08 Å². The molecule has 1 heterocycles. The lowest BCUT2D eigenvalue weighted by Gasteiger charge is -1.82. The molecule has 0 radical (unpaired) electrons. The van der Waals surface area contributed by atoms with Crippen LogP contribution >= 0.6 is 10.7 Å². The molecule has 0 N–H and O–H groups in total. The van der Waals surface area contributed by atoms with Gasteiger partial charge in [-0.05, 0) is 6.08 Å². The third kappa shape index (κ3) is 3.06. The van der Waals surface area contributed by atoms with Gasteiger partial charge in [-0.1, -0.05) is 0 Å². The zero-order valence-corrected chi connectivity index (χ0v) is 7.88. The number of rotatable bonds is 2. The van der Waals surface area contributed by atoms with Crippen LogP contribution in [0, 0.1) is 0 Å². The molecular formula is C6H7ClN2O2S. The molecule has 0 fully saturated rings. The summed E-state index contributed by atoms with van der Waals surface area (Å²) >= 11 is 0. The highest BCUT2D eigenvalue weighted by atomic mass is 35.7. The van der Waals surface area contributed by atoms with Gasteiger partial charge in [-0.15, -0.1) is 0 Å². The van der Waals surface area contributed by atoms with Gasteiger partial charge in [-0.25, -0.2) is 8.42 Å². The van der Waals surface area contributed by atoms with E-state index < -0.39 is 9.05 Å². The second-order valence-electron chi connectivity index (χ2n) is 2.23. The Kier molecular flexibility index (Phi) is 2.54. The van der Waals surface area contributed by atoms with Crippen LogP contribution in [0.25, 0.3) is 6.08 Å². The molecular weight excluding hydrogens is 200 g/mol. The van der Waals surface area contributed by atoms with Crippen LogP contribution in [0.3, 0.4) is 0 Å². The molecule has 0 amide bonds. The van der Waals surface area contributed by atoms with Crippen LogP contribution in [0.15, 0.2) is 17.8 Å². The quantitative estimate of drug-likeness (QED) is 0.678. The highest BCUT2D eigenvalue weighted by molar-refractivity contribution is 8.16. The second kappa shape index (κ2) is 3.28. The number of nitrogens with zero attached hydrogens (tertiary/aromatic N) is 2. The summed E-state index contributed by atoms with van der Waals surface area (Å²) in [5.41, 5.74) is 0.696. The Morgan fingerprint density at radius 2 is 2.33 bits per heavy atom. The predicted molar refractivity (Wildman–Crippen MR) is 47.0 cm³/mol. The standard InChI is InChI=1S/C6H7ClN2O2S/c1-9-5-6(4-8-9)2-3-12(7,10)11/h2-5H,1H3/b3-2+. The van der Waals surface area contributed by atoms with E-state index in [2.05, 4.69) is 5.10 Å². The van der Waals surface area contributed by atoms with Crippen molar-refractivity contribution in [3.05, 3.63) is 23.4 Å². The van der Waals surface area contributed by atoms with Crippen molar-refractivity contribution in [2.75, 3.05) is 0 Å². The monoisotopic (exact) mass is 206 g/mol. The number of hydrogen-bond acceptors (Lipinski definition) is 3. The molecule has 1 aromatic rings. The zero-order chi connectivity index (χ0) is 9.19. The molecule has 0 spiro atoms. The maximum atomic E-state index is 10.5. The Balaban J connectivity index is 2.84. The third-order valence-corrected chi connectivity index (χ3v) is 1.92. The largest absolute Gasteiger partial charge is 0.275 e. The van der Waals surface area contributed by atoms with Gasteiger partial charge in [0, 0.05) is 34.9 Å². The van der Waals surface area contributed by atoms with Gasteiger partial charge in [0.15, 0.2) is 0 Å². The molecule has 0 aliphatic heterocycles. The summed E-state index contributed by atoms with van der Waals surface area (Å²) in [6.45, 7) is 0. The van der Waals surface area contributed by atoms with Gasteiger partial charge >= 0.3 is 0 Å². The molecule has 1 aromatic heterocycles. The SMILES string of the molecule is Cn1cc(/C=C/S(=O)(=O)Cl)cn1. The van der Waals surface area contributed by atoms with Crippen molar-refractivity contribution in [3.8, 4) is 0 Å². The first-order valence-corrected chi connectivity index (χ1v) is 5.46. The Morgan fingerprint density at radius 1 is 1.67 bits per heavy atom. The number of hydrogen-bond donors (Lipinski definition) is 0. The van der Waals surface area contributed by atoms with Gasteiger partial charge in [-0.2, -0.15) is 5.10 Å². The highest BCUT2D eigenvalue weighted by Crippen LogP contribution is 2.04. The fourth-order valence-electron chi connectivity index (χ4n) is 0.686. The topological polar surface area (TPSA) is 52.0 Å². The van der Waals surface area contributed by atoms with Crippen molar-refractivity contribution in [3.63, 3.8) is 0 Å². The van der Waals surface area contributed by atoms with Gasteiger partial charge in [0.05, 0.1) is 6.20 Å². The minimum Gasteiger partial charge on any atom is -0.275 e. The van der Waals surface area contributed by atoms with Crippen LogP contribution in [0.2, 0.25) is 0 Å². The van der Waals surface area contributed by atoms with Crippen LogP contribution in [0.1, 0.15) is 5.56 Å². The first-order valence-electron chi connectivity index (χ1n) is 3.09. The molecule has 0 unspecified atom stereocenters. The fourth-order valence-corrected chi connectivity index (χ4v) is 1.16. The first kappa shape index (κ1) is 9.28. The minimum absolute atomic E-state index is 0.696. The van der Waals surface area contributed by atoms with E-state index in [1.807, 2.05) is 0 Å². The average Bonchev–Trinajstić information content (AvgIpc) is 2.30. The average molecular weight is 207 g/mol. The van der Waals surface area contributed by atoms with Gasteiger partial charge in [0.2, 0.25) is 0 Å². The van der Waals surface area contributed by atoms with E-state index >= 15 is 0 Å². The molecule has 6 heteroatoms. The molecule has 4 nitrogen and oxygen atoms in total. The van der Waals surface area contributed by atoms with Crippen LogP contribution in [-0.2, 0) is 16.1 Å². The number of aryl methyl sites for hydroxylation is 1. The molecule has 0 aromatic carbocycles. The number of aromatic nitrogens is 2. The minimum atomic E-state index is -3.56. The molecule has 12 heavy (non-hydrogen) atoms. The maximum absolute atomic E-state index is 10.5. The van der Waals surface area contributed by atoms with E-state index in [1.54, 1.807) is 24.1 Å². The van der Waals surface area contributed by atoms with Gasteiger partial charge < -0.3 is 0 Å². The third-order valence-electron chi connectivity index (χ3n) is 1.15. The van der Waals surface area contributed by atoms with Crippen molar-refractivity contribution in [2.45, 2.75) is 0 Å². The molecule has 0 saturated heterocycles.